The van der Waals surface area contributed by atoms with Crippen LogP contribution in [0.5, 0.6) is 5.75 Å². The number of carbonyl (C=O) groups excluding carboxylic acids is 1. The first kappa shape index (κ1) is 19.9. The van der Waals surface area contributed by atoms with Crippen LogP contribution in [0.25, 0.3) is 11.1 Å². The second-order valence-electron chi connectivity index (χ2n) is 5.84. The van der Waals surface area contributed by atoms with Crippen LogP contribution in [0, 0.1) is 5.82 Å². The Hall–Kier alpha value is -2.90. The second-order valence-corrected chi connectivity index (χ2v) is 7.19. The number of amides is 1. The average molecular weight is 420 g/mol. The van der Waals surface area contributed by atoms with Crippen molar-refractivity contribution >= 4 is 34.8 Å². The first-order valence-corrected chi connectivity index (χ1v) is 9.37. The smallest absolute Gasteiger partial charge is 0.345 e. The number of hydrogen-bond acceptors (Lipinski definition) is 4. The maximum Gasteiger partial charge on any atom is 0.345 e. The number of carboxylic acid groups (broad SMARTS) is 1. The van der Waals surface area contributed by atoms with E-state index < -0.39 is 17.7 Å². The van der Waals surface area contributed by atoms with Crippen LogP contribution in [0.2, 0.25) is 5.02 Å². The summed E-state index contributed by atoms with van der Waals surface area (Å²) in [6.45, 7) is 0.105. The number of thiophene rings is 1. The molecule has 0 unspecified atom stereocenters. The predicted molar refractivity (Wildman–Crippen MR) is 106 cm³/mol. The van der Waals surface area contributed by atoms with Crippen molar-refractivity contribution in [2.45, 2.75) is 6.54 Å². The van der Waals surface area contributed by atoms with Crippen molar-refractivity contribution < 1.29 is 23.8 Å². The third-order valence-electron chi connectivity index (χ3n) is 4.04. The Bertz CT molecular complexity index is 1050. The van der Waals surface area contributed by atoms with Crippen LogP contribution in [-0.4, -0.2) is 24.1 Å². The number of ether oxygens (including phenoxy) is 1. The fourth-order valence-electron chi connectivity index (χ4n) is 2.64. The van der Waals surface area contributed by atoms with E-state index in [1.54, 1.807) is 29.6 Å². The predicted octanol–water partition coefficient (Wildman–Crippen LogP) is 4.84. The number of rotatable bonds is 6. The summed E-state index contributed by atoms with van der Waals surface area (Å²) < 4.78 is 19.2. The third-order valence-corrected chi connectivity index (χ3v) is 5.19. The molecule has 5 nitrogen and oxygen atoms in total. The number of methoxy groups -OCH3 is 1. The first-order chi connectivity index (χ1) is 13.4. The Kier molecular flexibility index (Phi) is 5.96. The van der Waals surface area contributed by atoms with Gasteiger partial charge < -0.3 is 15.2 Å². The fourth-order valence-corrected chi connectivity index (χ4v) is 3.55. The molecule has 0 spiro atoms. The van der Waals surface area contributed by atoms with Crippen LogP contribution in [-0.2, 0) is 6.54 Å². The lowest BCUT2D eigenvalue weighted by molar-refractivity contribution is 0.0702. The number of hydrogen-bond donors (Lipinski definition) is 2. The number of benzene rings is 2. The zero-order valence-electron chi connectivity index (χ0n) is 14.7. The lowest BCUT2D eigenvalue weighted by Gasteiger charge is -2.12. The summed E-state index contributed by atoms with van der Waals surface area (Å²) in [7, 11) is 1.51. The van der Waals surface area contributed by atoms with Crippen LogP contribution >= 0.6 is 22.9 Å². The number of aromatic carboxylic acids is 1. The van der Waals surface area contributed by atoms with Crippen LogP contribution in [0.4, 0.5) is 4.39 Å². The van der Waals surface area contributed by atoms with Gasteiger partial charge in [0, 0.05) is 17.1 Å². The van der Waals surface area contributed by atoms with Crippen molar-refractivity contribution in [3.63, 3.8) is 0 Å². The molecule has 0 atom stereocenters. The summed E-state index contributed by atoms with van der Waals surface area (Å²) in [6.07, 6.45) is 0. The SMILES string of the molecule is COc1ccc(-c2csc(C(=O)O)c2)cc1CNC(=O)c1ccc(Cl)cc1F. The Morgan fingerprint density at radius 1 is 1.18 bits per heavy atom. The molecule has 0 radical (unpaired) electrons. The highest BCUT2D eigenvalue weighted by Crippen LogP contribution is 2.30. The monoisotopic (exact) mass is 419 g/mol. The molecule has 0 aliphatic carbocycles. The zero-order valence-corrected chi connectivity index (χ0v) is 16.2. The molecule has 1 heterocycles. The van der Waals surface area contributed by atoms with Crippen molar-refractivity contribution in [3.05, 3.63) is 74.7 Å². The van der Waals surface area contributed by atoms with E-state index in [9.17, 15) is 14.0 Å². The molecule has 0 saturated heterocycles. The van der Waals surface area contributed by atoms with Crippen LogP contribution in [0.3, 0.4) is 0 Å². The highest BCUT2D eigenvalue weighted by atomic mass is 35.5. The van der Waals surface area contributed by atoms with E-state index in [2.05, 4.69) is 5.32 Å². The molecule has 0 aliphatic heterocycles. The molecule has 0 fully saturated rings. The van der Waals surface area contributed by atoms with E-state index in [0.29, 0.717) is 11.3 Å². The van der Waals surface area contributed by atoms with Crippen LogP contribution in [0.1, 0.15) is 25.6 Å². The standard InChI is InChI=1S/C20H15ClFNO4S/c1-27-17-5-2-11(13-7-18(20(25)26)28-10-13)6-12(17)9-23-19(24)15-4-3-14(21)8-16(15)22/h2-8,10H,9H2,1H3,(H,23,24)(H,25,26). The summed E-state index contributed by atoms with van der Waals surface area (Å²) >= 11 is 6.84. The van der Waals surface area contributed by atoms with Gasteiger partial charge in [-0.25, -0.2) is 9.18 Å². The van der Waals surface area contributed by atoms with Crippen molar-refractivity contribution in [3.8, 4) is 16.9 Å². The molecule has 144 valence electrons. The van der Waals surface area contributed by atoms with Crippen LogP contribution in [0.15, 0.2) is 47.8 Å². The van der Waals surface area contributed by atoms with Crippen molar-refractivity contribution in [1.82, 2.24) is 5.32 Å². The molecule has 2 aromatic carbocycles. The van der Waals surface area contributed by atoms with Crippen molar-refractivity contribution in [2.75, 3.05) is 7.11 Å². The Labute approximate surface area is 169 Å². The summed E-state index contributed by atoms with van der Waals surface area (Å²) in [6, 6.07) is 10.8. The number of carbonyl (C=O) groups is 2. The maximum atomic E-state index is 13.9. The average Bonchev–Trinajstić information content (AvgIpc) is 3.16. The minimum Gasteiger partial charge on any atom is -0.496 e. The summed E-state index contributed by atoms with van der Waals surface area (Å²) in [5.74, 6) is -1.72. The van der Waals surface area contributed by atoms with Gasteiger partial charge in [-0.1, -0.05) is 17.7 Å². The molecule has 28 heavy (non-hydrogen) atoms. The highest BCUT2D eigenvalue weighted by molar-refractivity contribution is 7.12. The lowest BCUT2D eigenvalue weighted by Crippen LogP contribution is -2.24. The summed E-state index contributed by atoms with van der Waals surface area (Å²) in [5, 5.41) is 13.7. The quantitative estimate of drug-likeness (QED) is 0.599. The van der Waals surface area contributed by atoms with E-state index in [1.165, 1.54) is 19.2 Å². The molecule has 0 aliphatic rings. The van der Waals surface area contributed by atoms with Gasteiger partial charge in [0.15, 0.2) is 0 Å². The molecule has 0 saturated carbocycles. The lowest BCUT2D eigenvalue weighted by atomic mass is 10.0. The van der Waals surface area contributed by atoms with E-state index in [4.69, 9.17) is 21.4 Å². The van der Waals surface area contributed by atoms with Gasteiger partial charge in [-0.3, -0.25) is 4.79 Å². The van der Waals surface area contributed by atoms with Crippen LogP contribution < -0.4 is 10.1 Å². The Morgan fingerprint density at radius 2 is 1.96 bits per heavy atom. The van der Waals surface area contributed by atoms with Gasteiger partial charge in [0.05, 0.1) is 12.7 Å². The van der Waals surface area contributed by atoms with Gasteiger partial charge in [0.2, 0.25) is 0 Å². The molecule has 2 N–H and O–H groups in total. The zero-order chi connectivity index (χ0) is 20.3. The van der Waals surface area contributed by atoms with E-state index in [0.717, 1.165) is 28.5 Å². The minimum atomic E-state index is -0.984. The van der Waals surface area contributed by atoms with E-state index >= 15 is 0 Å². The van der Waals surface area contributed by atoms with Crippen molar-refractivity contribution in [2.24, 2.45) is 0 Å². The summed E-state index contributed by atoms with van der Waals surface area (Å²) in [5.41, 5.74) is 2.10. The number of nitrogens with one attached hydrogen (secondary N) is 1. The van der Waals surface area contributed by atoms with E-state index in [1.807, 2.05) is 0 Å². The number of carboxylic acids is 1. The third kappa shape index (κ3) is 4.32. The second kappa shape index (κ2) is 8.41. The molecule has 0 bridgehead atoms. The Morgan fingerprint density at radius 3 is 2.61 bits per heavy atom. The first-order valence-electron chi connectivity index (χ1n) is 8.11. The minimum absolute atomic E-state index is 0.105. The normalized spacial score (nSPS) is 10.5. The van der Waals surface area contributed by atoms with Gasteiger partial charge in [0.1, 0.15) is 16.4 Å². The molecular weight excluding hydrogens is 405 g/mol. The van der Waals surface area contributed by atoms with Gasteiger partial charge in [-0.15, -0.1) is 11.3 Å². The van der Waals surface area contributed by atoms with Gasteiger partial charge in [-0.05, 0) is 52.9 Å². The molecule has 8 heteroatoms. The van der Waals surface area contributed by atoms with Gasteiger partial charge in [0.25, 0.3) is 5.91 Å². The number of halogens is 2. The molecular formula is C20H15ClFNO4S. The molecule has 3 rings (SSSR count). The largest absolute Gasteiger partial charge is 0.496 e. The van der Waals surface area contributed by atoms with Crippen molar-refractivity contribution in [1.29, 1.82) is 0 Å². The molecule has 1 amide bonds. The maximum absolute atomic E-state index is 13.9. The van der Waals surface area contributed by atoms with E-state index in [-0.39, 0.29) is 22.0 Å². The fraction of sp³-hybridized carbons (Fsp3) is 0.100. The molecule has 3 aromatic rings. The highest BCUT2D eigenvalue weighted by Gasteiger charge is 2.14. The summed E-state index contributed by atoms with van der Waals surface area (Å²) in [4.78, 5) is 23.6. The molecule has 1 aromatic heterocycles. The van der Waals surface area contributed by atoms with Gasteiger partial charge in [-0.2, -0.15) is 0 Å². The topological polar surface area (TPSA) is 75.6 Å². The Balaban J connectivity index is 1.82. The van der Waals surface area contributed by atoms with Gasteiger partial charge >= 0.3 is 5.97 Å².